The Morgan fingerprint density at radius 3 is 2.15 bits per heavy atom. The Balaban J connectivity index is 1.03. The molecule has 292 valence electrons. The number of benzene rings is 7. The zero-order valence-corrected chi connectivity index (χ0v) is 34.1. The molecule has 0 saturated heterocycles. The van der Waals surface area contributed by atoms with Crippen molar-refractivity contribution >= 4 is 54.4 Å². The van der Waals surface area contributed by atoms with Crippen LogP contribution in [0.5, 0.6) is 0 Å². The topological polar surface area (TPSA) is 50.4 Å². The summed E-state index contributed by atoms with van der Waals surface area (Å²) >= 11 is 0. The first-order chi connectivity index (χ1) is 29.6. The van der Waals surface area contributed by atoms with Crippen LogP contribution in [0.3, 0.4) is 0 Å². The first-order valence-corrected chi connectivity index (χ1v) is 21.4. The number of hydrogen-bond acceptors (Lipinski definition) is 3. The highest BCUT2D eigenvalue weighted by Crippen LogP contribution is 2.37. The maximum absolute atomic E-state index is 7.04. The molecule has 10 rings (SSSR count). The van der Waals surface area contributed by atoms with Gasteiger partial charge >= 0.3 is 0 Å². The van der Waals surface area contributed by atoms with Crippen LogP contribution in [-0.2, 0) is 0 Å². The fourth-order valence-corrected chi connectivity index (χ4v) is 9.31. The van der Waals surface area contributed by atoms with Crippen molar-refractivity contribution in [2.45, 2.75) is 38.6 Å². The van der Waals surface area contributed by atoms with E-state index in [0.717, 1.165) is 60.3 Å². The fourth-order valence-electron chi connectivity index (χ4n) is 9.31. The summed E-state index contributed by atoms with van der Waals surface area (Å²) < 4.78 is 0. The van der Waals surface area contributed by atoms with E-state index in [9.17, 15) is 0 Å². The van der Waals surface area contributed by atoms with Crippen molar-refractivity contribution < 1.29 is 0 Å². The van der Waals surface area contributed by atoms with Gasteiger partial charge in [0.15, 0.2) is 0 Å². The average Bonchev–Trinajstić information content (AvgIpc) is 3.58. The Bertz CT molecular complexity index is 3040. The van der Waals surface area contributed by atoms with Crippen LogP contribution in [0.4, 0.5) is 0 Å². The molecule has 0 aromatic heterocycles. The standard InChI is InChI=1S/C57H49N3/c1-38(42-13-3-5-15-44(32-42)47-29-30-54-52-21-7-6-19-50(52)51-20-8-9-22-53(51)55(54)35-47)60-57(36-56(58)41-26-23-40(24-27-41)49-18-11-31-59-37-49)48-17-10-16-45(34-48)46-28-25-39-12-2-4-14-43(39)33-46/h2-4,6-17,19-23,25-26,28-36,38,49,59H,5,18,24,27,37,58H2,1H3/b56-36-,60-57?. The molecular formula is C57H49N3. The molecular weight excluding hydrogens is 727 g/mol. The molecule has 2 unspecified atom stereocenters. The van der Waals surface area contributed by atoms with Gasteiger partial charge in [0, 0.05) is 23.7 Å². The summed E-state index contributed by atoms with van der Waals surface area (Å²) in [6.07, 6.45) is 24.0. The van der Waals surface area contributed by atoms with Gasteiger partial charge in [-0.15, -0.1) is 0 Å². The van der Waals surface area contributed by atoms with Crippen LogP contribution in [0.25, 0.3) is 59.8 Å². The molecule has 2 aliphatic carbocycles. The zero-order chi connectivity index (χ0) is 40.4. The van der Waals surface area contributed by atoms with Crippen molar-refractivity contribution in [3.05, 3.63) is 222 Å². The van der Waals surface area contributed by atoms with Gasteiger partial charge < -0.3 is 11.1 Å². The quantitative estimate of drug-likeness (QED) is 0.119. The number of nitrogens with one attached hydrogen (secondary N) is 1. The Morgan fingerprint density at radius 1 is 0.683 bits per heavy atom. The van der Waals surface area contributed by atoms with E-state index in [1.165, 1.54) is 70.9 Å². The third-order valence-corrected chi connectivity index (χ3v) is 12.6. The summed E-state index contributed by atoms with van der Waals surface area (Å²) in [5, 5.41) is 13.6. The first kappa shape index (κ1) is 37.3. The van der Waals surface area contributed by atoms with E-state index in [2.05, 4.69) is 201 Å². The first-order valence-electron chi connectivity index (χ1n) is 21.4. The minimum Gasteiger partial charge on any atom is -0.398 e. The lowest BCUT2D eigenvalue weighted by atomic mass is 9.85. The molecule has 2 atom stereocenters. The maximum atomic E-state index is 7.04. The van der Waals surface area contributed by atoms with Crippen LogP contribution in [0.2, 0.25) is 0 Å². The SMILES string of the molecule is CC(N=C(/C=C(\N)C1=CC=C(C2CC=CNC2)CC1)c1cccc(-c2ccc3ccccc3c2)c1)C1=CC(c2ccc3c4ccccc4c4ccccc4c3c2)=CCC=C1. The number of allylic oxidation sites excluding steroid dienone is 9. The molecule has 3 N–H and O–H groups in total. The summed E-state index contributed by atoms with van der Waals surface area (Å²) in [7, 11) is 0. The van der Waals surface area contributed by atoms with Gasteiger partial charge in [0.1, 0.15) is 0 Å². The van der Waals surface area contributed by atoms with Crippen molar-refractivity contribution in [1.29, 1.82) is 0 Å². The maximum Gasteiger partial charge on any atom is 0.0728 e. The summed E-state index contributed by atoms with van der Waals surface area (Å²) in [6.45, 7) is 3.20. The molecule has 0 amide bonds. The Labute approximate surface area is 353 Å². The highest BCUT2D eigenvalue weighted by molar-refractivity contribution is 6.25. The van der Waals surface area contributed by atoms with Crippen LogP contribution in [-0.4, -0.2) is 18.3 Å². The lowest BCUT2D eigenvalue weighted by Gasteiger charge is -2.25. The second kappa shape index (κ2) is 16.4. The second-order valence-electron chi connectivity index (χ2n) is 16.4. The Kier molecular flexibility index (Phi) is 10.2. The van der Waals surface area contributed by atoms with E-state index < -0.39 is 0 Å². The highest BCUT2D eigenvalue weighted by atomic mass is 14.8. The van der Waals surface area contributed by atoms with Crippen LogP contribution in [0, 0.1) is 5.92 Å². The van der Waals surface area contributed by atoms with Gasteiger partial charge in [0.05, 0.1) is 11.8 Å². The van der Waals surface area contributed by atoms with Gasteiger partial charge in [-0.1, -0.05) is 157 Å². The minimum absolute atomic E-state index is 0.130. The van der Waals surface area contributed by atoms with E-state index in [1.807, 2.05) is 0 Å². The van der Waals surface area contributed by atoms with Gasteiger partial charge in [-0.3, -0.25) is 4.99 Å². The van der Waals surface area contributed by atoms with Gasteiger partial charge in [-0.05, 0) is 146 Å². The second-order valence-corrected chi connectivity index (χ2v) is 16.4. The van der Waals surface area contributed by atoms with Crippen molar-refractivity contribution in [2.24, 2.45) is 16.6 Å². The molecule has 0 saturated carbocycles. The number of aliphatic imine (C=N–C) groups is 1. The lowest BCUT2D eigenvalue weighted by Crippen LogP contribution is -2.24. The number of fused-ring (bicyclic) bond motifs is 7. The fraction of sp³-hybridized carbons (Fsp3) is 0.140. The molecule has 0 spiro atoms. The predicted octanol–water partition coefficient (Wildman–Crippen LogP) is 13.7. The van der Waals surface area contributed by atoms with Gasteiger partial charge in [-0.25, -0.2) is 0 Å². The molecule has 1 aliphatic heterocycles. The lowest BCUT2D eigenvalue weighted by molar-refractivity contribution is 0.543. The molecule has 3 heteroatoms. The van der Waals surface area contributed by atoms with E-state index in [-0.39, 0.29) is 6.04 Å². The number of nitrogens with two attached hydrogens (primary N) is 1. The zero-order valence-electron chi connectivity index (χ0n) is 34.1. The average molecular weight is 776 g/mol. The third-order valence-electron chi connectivity index (χ3n) is 12.6. The minimum atomic E-state index is -0.130. The van der Waals surface area contributed by atoms with E-state index in [0.29, 0.717) is 5.92 Å². The summed E-state index contributed by atoms with van der Waals surface area (Å²) in [5.41, 5.74) is 18.3. The van der Waals surface area contributed by atoms with Crippen LogP contribution < -0.4 is 11.1 Å². The van der Waals surface area contributed by atoms with Crippen molar-refractivity contribution in [2.75, 3.05) is 6.54 Å². The molecule has 0 radical (unpaired) electrons. The molecule has 3 aliphatic rings. The van der Waals surface area contributed by atoms with Crippen molar-refractivity contribution in [3.63, 3.8) is 0 Å². The summed E-state index contributed by atoms with van der Waals surface area (Å²) in [4.78, 5) is 5.53. The molecule has 3 nitrogen and oxygen atoms in total. The monoisotopic (exact) mass is 775 g/mol. The molecule has 0 fully saturated rings. The van der Waals surface area contributed by atoms with Crippen molar-refractivity contribution in [1.82, 2.24) is 5.32 Å². The molecule has 60 heavy (non-hydrogen) atoms. The van der Waals surface area contributed by atoms with Crippen LogP contribution in [0.1, 0.15) is 43.7 Å². The van der Waals surface area contributed by atoms with Crippen molar-refractivity contribution in [3.8, 4) is 11.1 Å². The molecule has 1 heterocycles. The van der Waals surface area contributed by atoms with E-state index in [4.69, 9.17) is 10.7 Å². The normalized spacial score (nSPS) is 17.9. The summed E-state index contributed by atoms with van der Waals surface area (Å²) in [6, 6.07) is 48.4. The number of nitrogens with zero attached hydrogens (tertiary/aromatic N) is 1. The Hall–Kier alpha value is -6.97. The summed E-state index contributed by atoms with van der Waals surface area (Å²) in [5.74, 6) is 0.544. The molecule has 7 aromatic rings. The van der Waals surface area contributed by atoms with Gasteiger partial charge in [0.2, 0.25) is 0 Å². The number of hydrogen-bond donors (Lipinski definition) is 2. The highest BCUT2D eigenvalue weighted by Gasteiger charge is 2.19. The van der Waals surface area contributed by atoms with E-state index in [1.54, 1.807) is 0 Å². The smallest absolute Gasteiger partial charge is 0.0728 e. The third kappa shape index (κ3) is 7.44. The number of rotatable bonds is 8. The molecule has 0 bridgehead atoms. The Morgan fingerprint density at radius 2 is 1.40 bits per heavy atom. The van der Waals surface area contributed by atoms with Gasteiger partial charge in [-0.2, -0.15) is 0 Å². The van der Waals surface area contributed by atoms with Gasteiger partial charge in [0.25, 0.3) is 0 Å². The predicted molar refractivity (Wildman–Crippen MR) is 257 cm³/mol. The van der Waals surface area contributed by atoms with Crippen LogP contribution >= 0.6 is 0 Å². The molecule has 7 aromatic carbocycles. The van der Waals surface area contributed by atoms with E-state index >= 15 is 0 Å². The largest absolute Gasteiger partial charge is 0.398 e. The van der Waals surface area contributed by atoms with Crippen LogP contribution in [0.15, 0.2) is 216 Å².